The van der Waals surface area contributed by atoms with E-state index in [1.54, 1.807) is 17.6 Å². The van der Waals surface area contributed by atoms with Crippen molar-refractivity contribution in [2.24, 2.45) is 0 Å². The zero-order valence-electron chi connectivity index (χ0n) is 16.7. The van der Waals surface area contributed by atoms with Gasteiger partial charge < -0.3 is 14.8 Å². The lowest BCUT2D eigenvalue weighted by molar-refractivity contribution is -0.0292. The molecule has 1 saturated heterocycles. The molecule has 1 aliphatic rings. The maximum absolute atomic E-state index is 12.8. The maximum Gasteiger partial charge on any atom is 0.255 e. The zero-order valence-corrected chi connectivity index (χ0v) is 17.5. The molecule has 1 fully saturated rings. The summed E-state index contributed by atoms with van der Waals surface area (Å²) in [5, 5.41) is 4.94. The number of thiazole rings is 1. The average Bonchev–Trinajstić information content (AvgIpc) is 3.31. The van der Waals surface area contributed by atoms with E-state index in [4.69, 9.17) is 9.47 Å². The second kappa shape index (κ2) is 10.3. The lowest BCUT2D eigenvalue weighted by Crippen LogP contribution is -2.47. The fourth-order valence-electron chi connectivity index (χ4n) is 3.43. The number of nitrogens with zero attached hydrogens (tertiary/aromatic N) is 2. The van der Waals surface area contributed by atoms with Gasteiger partial charge in [-0.3, -0.25) is 9.69 Å². The van der Waals surface area contributed by atoms with Crippen LogP contribution in [0.15, 0.2) is 65.5 Å². The van der Waals surface area contributed by atoms with E-state index in [9.17, 15) is 4.79 Å². The predicted molar refractivity (Wildman–Crippen MR) is 117 cm³/mol. The van der Waals surface area contributed by atoms with Gasteiger partial charge in [0.2, 0.25) is 0 Å². The molecule has 0 radical (unpaired) electrons. The standard InChI is InChI=1S/C23H25N3O3S/c27-23(21-8-4-5-9-22(21)29-15-19-16-30-17-25-19)24-12-20-14-26(10-11-28-20)13-18-6-2-1-3-7-18/h1-9,16-17,20H,10-15H2,(H,24,27). The van der Waals surface area contributed by atoms with E-state index in [2.05, 4.69) is 39.5 Å². The first-order chi connectivity index (χ1) is 14.8. The van der Waals surface area contributed by atoms with Crippen molar-refractivity contribution in [1.29, 1.82) is 0 Å². The number of para-hydroxylation sites is 1. The number of nitrogens with one attached hydrogen (secondary N) is 1. The van der Waals surface area contributed by atoms with Gasteiger partial charge in [-0.1, -0.05) is 42.5 Å². The number of morpholine rings is 1. The summed E-state index contributed by atoms with van der Waals surface area (Å²) in [6.45, 7) is 4.05. The second-order valence-corrected chi connectivity index (χ2v) is 7.91. The minimum absolute atomic E-state index is 0.0329. The van der Waals surface area contributed by atoms with Crippen LogP contribution in [0.4, 0.5) is 0 Å². The number of amides is 1. The van der Waals surface area contributed by atoms with Gasteiger partial charge in [0.05, 0.1) is 29.5 Å². The zero-order chi connectivity index (χ0) is 20.6. The van der Waals surface area contributed by atoms with Crippen LogP contribution in [-0.2, 0) is 17.9 Å². The lowest BCUT2D eigenvalue weighted by atomic mass is 10.1. The van der Waals surface area contributed by atoms with Gasteiger partial charge in [-0.2, -0.15) is 0 Å². The lowest BCUT2D eigenvalue weighted by Gasteiger charge is -2.33. The first-order valence-electron chi connectivity index (χ1n) is 10.0. The highest BCUT2D eigenvalue weighted by atomic mass is 32.1. The van der Waals surface area contributed by atoms with Crippen molar-refractivity contribution < 1.29 is 14.3 Å². The number of aromatic nitrogens is 1. The van der Waals surface area contributed by atoms with Gasteiger partial charge in [-0.05, 0) is 17.7 Å². The Morgan fingerprint density at radius 1 is 1.20 bits per heavy atom. The minimum atomic E-state index is -0.160. The summed E-state index contributed by atoms with van der Waals surface area (Å²) < 4.78 is 11.7. The van der Waals surface area contributed by atoms with Crippen molar-refractivity contribution in [1.82, 2.24) is 15.2 Å². The third-order valence-corrected chi connectivity index (χ3v) is 5.59. The van der Waals surface area contributed by atoms with E-state index in [0.29, 0.717) is 31.1 Å². The molecule has 2 heterocycles. The van der Waals surface area contributed by atoms with E-state index in [1.165, 1.54) is 16.9 Å². The Morgan fingerprint density at radius 3 is 2.87 bits per heavy atom. The van der Waals surface area contributed by atoms with Crippen molar-refractivity contribution >= 4 is 17.2 Å². The van der Waals surface area contributed by atoms with Crippen molar-refractivity contribution in [3.63, 3.8) is 0 Å². The summed E-state index contributed by atoms with van der Waals surface area (Å²) in [6.07, 6.45) is -0.0329. The van der Waals surface area contributed by atoms with E-state index in [-0.39, 0.29) is 12.0 Å². The van der Waals surface area contributed by atoms with E-state index in [0.717, 1.165) is 25.3 Å². The van der Waals surface area contributed by atoms with Crippen LogP contribution in [0.5, 0.6) is 5.75 Å². The van der Waals surface area contributed by atoms with Crippen molar-refractivity contribution in [3.8, 4) is 5.75 Å². The minimum Gasteiger partial charge on any atom is -0.486 e. The number of rotatable bonds is 8. The second-order valence-electron chi connectivity index (χ2n) is 7.19. The van der Waals surface area contributed by atoms with Gasteiger partial charge >= 0.3 is 0 Å². The molecule has 1 aromatic heterocycles. The number of hydrogen-bond acceptors (Lipinski definition) is 6. The summed E-state index contributed by atoms with van der Waals surface area (Å²) >= 11 is 1.52. The summed E-state index contributed by atoms with van der Waals surface area (Å²) in [7, 11) is 0. The summed E-state index contributed by atoms with van der Waals surface area (Å²) in [5.41, 5.74) is 4.42. The van der Waals surface area contributed by atoms with Crippen LogP contribution < -0.4 is 10.1 Å². The Hall–Kier alpha value is -2.74. The molecule has 6 nitrogen and oxygen atoms in total. The monoisotopic (exact) mass is 423 g/mol. The predicted octanol–water partition coefficient (Wildman–Crippen LogP) is 3.35. The van der Waals surface area contributed by atoms with E-state index < -0.39 is 0 Å². The molecule has 2 aromatic carbocycles. The van der Waals surface area contributed by atoms with Crippen LogP contribution in [0.2, 0.25) is 0 Å². The van der Waals surface area contributed by atoms with Crippen LogP contribution in [0.25, 0.3) is 0 Å². The Bertz CT molecular complexity index is 934. The quantitative estimate of drug-likeness (QED) is 0.602. The van der Waals surface area contributed by atoms with Gasteiger partial charge in [0, 0.05) is 31.6 Å². The third-order valence-electron chi connectivity index (χ3n) is 4.95. The summed E-state index contributed by atoms with van der Waals surface area (Å²) in [5.74, 6) is 0.394. The topological polar surface area (TPSA) is 63.7 Å². The van der Waals surface area contributed by atoms with Crippen LogP contribution in [0.1, 0.15) is 21.6 Å². The Labute approximate surface area is 180 Å². The van der Waals surface area contributed by atoms with Crippen LogP contribution in [0.3, 0.4) is 0 Å². The molecule has 0 aliphatic carbocycles. The van der Waals surface area contributed by atoms with Gasteiger partial charge in [-0.15, -0.1) is 11.3 Å². The molecule has 7 heteroatoms. The van der Waals surface area contributed by atoms with Crippen LogP contribution >= 0.6 is 11.3 Å². The van der Waals surface area contributed by atoms with Crippen molar-refractivity contribution in [2.75, 3.05) is 26.2 Å². The van der Waals surface area contributed by atoms with E-state index in [1.807, 2.05) is 23.6 Å². The molecule has 156 valence electrons. The molecule has 1 N–H and O–H groups in total. The van der Waals surface area contributed by atoms with Gasteiger partial charge in [0.1, 0.15) is 12.4 Å². The molecular weight excluding hydrogens is 398 g/mol. The molecule has 0 spiro atoms. The van der Waals surface area contributed by atoms with Crippen LogP contribution in [0, 0.1) is 0 Å². The number of benzene rings is 2. The van der Waals surface area contributed by atoms with Gasteiger partial charge in [0.25, 0.3) is 5.91 Å². The highest BCUT2D eigenvalue weighted by molar-refractivity contribution is 7.07. The third kappa shape index (κ3) is 5.66. The molecule has 3 aromatic rings. The Kier molecular flexibility index (Phi) is 7.07. The Balaban J connectivity index is 1.30. The Morgan fingerprint density at radius 2 is 2.03 bits per heavy atom. The summed E-state index contributed by atoms with van der Waals surface area (Å²) in [6, 6.07) is 17.7. The summed E-state index contributed by atoms with van der Waals surface area (Å²) in [4.78, 5) is 19.3. The highest BCUT2D eigenvalue weighted by Gasteiger charge is 2.22. The normalized spacial score (nSPS) is 16.9. The molecule has 4 rings (SSSR count). The van der Waals surface area contributed by atoms with Crippen molar-refractivity contribution in [2.45, 2.75) is 19.3 Å². The fraction of sp³-hybridized carbons (Fsp3) is 0.304. The molecule has 1 atom stereocenters. The molecule has 0 saturated carbocycles. The van der Waals surface area contributed by atoms with Gasteiger partial charge in [-0.25, -0.2) is 4.98 Å². The molecular formula is C23H25N3O3S. The SMILES string of the molecule is O=C(NCC1CN(Cc2ccccc2)CCO1)c1ccccc1OCc1cscn1. The maximum atomic E-state index is 12.8. The van der Waals surface area contributed by atoms with Gasteiger partial charge in [0.15, 0.2) is 0 Å². The number of carbonyl (C=O) groups excluding carboxylic acids is 1. The molecule has 30 heavy (non-hydrogen) atoms. The smallest absolute Gasteiger partial charge is 0.255 e. The fourth-order valence-corrected chi connectivity index (χ4v) is 3.97. The number of ether oxygens (including phenoxy) is 2. The first kappa shape index (κ1) is 20.5. The van der Waals surface area contributed by atoms with Crippen molar-refractivity contribution in [3.05, 3.63) is 82.3 Å². The molecule has 1 unspecified atom stereocenters. The number of hydrogen-bond donors (Lipinski definition) is 1. The largest absolute Gasteiger partial charge is 0.486 e. The first-order valence-corrected chi connectivity index (χ1v) is 11.0. The highest BCUT2D eigenvalue weighted by Crippen LogP contribution is 2.19. The molecule has 1 amide bonds. The molecule has 1 aliphatic heterocycles. The van der Waals surface area contributed by atoms with E-state index >= 15 is 0 Å². The van der Waals surface area contributed by atoms with Crippen LogP contribution in [-0.4, -0.2) is 48.1 Å². The average molecular weight is 424 g/mol. The molecule has 0 bridgehead atoms. The number of carbonyl (C=O) groups is 1.